The average Bonchev–Trinajstić information content (AvgIpc) is 3.32. The minimum Gasteiger partial charge on any atom is -0.338 e. The highest BCUT2D eigenvalue weighted by Crippen LogP contribution is 2.28. The smallest absolute Gasteiger partial charge is 0.258 e. The number of benzene rings is 1. The fourth-order valence-corrected chi connectivity index (χ4v) is 4.21. The summed E-state index contributed by atoms with van der Waals surface area (Å²) in [6.07, 6.45) is 7.39. The average molecular weight is 418 g/mol. The number of imidazole rings is 1. The van der Waals surface area contributed by atoms with Crippen LogP contribution < -0.4 is 0 Å². The lowest BCUT2D eigenvalue weighted by Gasteiger charge is -2.32. The number of amides is 1. The molecule has 0 spiro atoms. The lowest BCUT2D eigenvalue weighted by molar-refractivity contribution is 0.0694. The molecule has 1 fully saturated rings. The van der Waals surface area contributed by atoms with E-state index in [1.54, 1.807) is 10.9 Å². The highest BCUT2D eigenvalue weighted by atomic mass is 35.5. The topological polar surface area (TPSA) is 56.0 Å². The number of carbonyl (C=O) groups is 1. The molecule has 0 radical (unpaired) electrons. The molecule has 0 aliphatic carbocycles. The molecule has 0 unspecified atom stereocenters. The van der Waals surface area contributed by atoms with Crippen LogP contribution in [0.3, 0.4) is 0 Å². The van der Waals surface area contributed by atoms with Gasteiger partial charge in [-0.3, -0.25) is 4.79 Å². The summed E-state index contributed by atoms with van der Waals surface area (Å²) in [5, 5.41) is 5.50. The predicted octanol–water partition coefficient (Wildman–Crippen LogP) is 4.22. The van der Waals surface area contributed by atoms with Crippen molar-refractivity contribution in [3.8, 4) is 0 Å². The summed E-state index contributed by atoms with van der Waals surface area (Å²) >= 11 is 12.8. The number of piperidine rings is 1. The van der Waals surface area contributed by atoms with Gasteiger partial charge < -0.3 is 9.47 Å². The van der Waals surface area contributed by atoms with E-state index in [-0.39, 0.29) is 5.91 Å². The molecule has 0 N–H and O–H groups in total. The Morgan fingerprint density at radius 1 is 1.21 bits per heavy atom. The molecule has 6 nitrogen and oxygen atoms in total. The Balaban J connectivity index is 1.49. The van der Waals surface area contributed by atoms with Gasteiger partial charge in [0.25, 0.3) is 5.91 Å². The van der Waals surface area contributed by atoms with E-state index in [2.05, 4.69) is 14.6 Å². The Morgan fingerprint density at radius 2 is 1.96 bits per heavy atom. The molecular weight excluding hydrogens is 397 g/mol. The van der Waals surface area contributed by atoms with Crippen molar-refractivity contribution in [1.82, 2.24) is 24.2 Å². The van der Waals surface area contributed by atoms with E-state index in [4.69, 9.17) is 23.2 Å². The van der Waals surface area contributed by atoms with Gasteiger partial charge in [-0.25, -0.2) is 9.67 Å². The lowest BCUT2D eigenvalue weighted by Crippen LogP contribution is -2.39. The van der Waals surface area contributed by atoms with Gasteiger partial charge in [0.2, 0.25) is 0 Å². The van der Waals surface area contributed by atoms with Crippen LogP contribution in [0.4, 0.5) is 0 Å². The maximum Gasteiger partial charge on any atom is 0.258 e. The normalized spacial score (nSPS) is 15.2. The second-order valence-electron chi connectivity index (χ2n) is 7.03. The van der Waals surface area contributed by atoms with Crippen LogP contribution in [-0.2, 0) is 6.54 Å². The standard InChI is InChI=1S/C20H21Cl2N5O/c1-14-18(19(22)27(24-14)12-15-4-2-3-5-17(15)21)20(28)25-9-6-16(7-10-25)26-11-8-23-13-26/h2-5,8,11,13,16H,6-7,9-10,12H2,1H3. The summed E-state index contributed by atoms with van der Waals surface area (Å²) in [7, 11) is 0. The molecule has 3 heterocycles. The zero-order valence-corrected chi connectivity index (χ0v) is 17.1. The van der Waals surface area contributed by atoms with Gasteiger partial charge in [-0.05, 0) is 31.4 Å². The molecule has 1 aromatic carbocycles. The summed E-state index contributed by atoms with van der Waals surface area (Å²) in [6.45, 7) is 3.62. The van der Waals surface area contributed by atoms with Gasteiger partial charge in [0, 0.05) is 36.5 Å². The van der Waals surface area contributed by atoms with Crippen molar-refractivity contribution in [3.05, 3.63) is 70.0 Å². The fraction of sp³-hybridized carbons (Fsp3) is 0.350. The number of rotatable bonds is 4. The van der Waals surface area contributed by atoms with Crippen molar-refractivity contribution in [1.29, 1.82) is 0 Å². The van der Waals surface area contributed by atoms with E-state index in [1.165, 1.54) is 0 Å². The van der Waals surface area contributed by atoms with Crippen molar-refractivity contribution >= 4 is 29.1 Å². The van der Waals surface area contributed by atoms with Crippen molar-refractivity contribution in [2.75, 3.05) is 13.1 Å². The molecular formula is C20H21Cl2N5O. The van der Waals surface area contributed by atoms with Gasteiger partial charge in [0.15, 0.2) is 0 Å². The van der Waals surface area contributed by atoms with Gasteiger partial charge in [-0.1, -0.05) is 41.4 Å². The van der Waals surface area contributed by atoms with Crippen molar-refractivity contribution < 1.29 is 4.79 Å². The predicted molar refractivity (Wildman–Crippen MR) is 109 cm³/mol. The first-order valence-corrected chi connectivity index (χ1v) is 10.0. The monoisotopic (exact) mass is 417 g/mol. The molecule has 1 aliphatic heterocycles. The Bertz CT molecular complexity index is 975. The van der Waals surface area contributed by atoms with Crippen LogP contribution >= 0.6 is 23.2 Å². The molecule has 4 rings (SSSR count). The molecule has 2 aromatic heterocycles. The van der Waals surface area contributed by atoms with Gasteiger partial charge >= 0.3 is 0 Å². The molecule has 1 saturated heterocycles. The third kappa shape index (κ3) is 3.66. The van der Waals surface area contributed by atoms with Crippen molar-refractivity contribution in [2.45, 2.75) is 32.4 Å². The number of hydrogen-bond acceptors (Lipinski definition) is 3. The van der Waals surface area contributed by atoms with Crippen LogP contribution in [0.2, 0.25) is 10.2 Å². The maximum atomic E-state index is 13.1. The van der Waals surface area contributed by atoms with Crippen LogP contribution in [0.15, 0.2) is 43.0 Å². The lowest BCUT2D eigenvalue weighted by atomic mass is 10.0. The first-order chi connectivity index (χ1) is 13.5. The van der Waals surface area contributed by atoms with Crippen LogP contribution in [0.5, 0.6) is 0 Å². The molecule has 28 heavy (non-hydrogen) atoms. The van der Waals surface area contributed by atoms with E-state index >= 15 is 0 Å². The van der Waals surface area contributed by atoms with Crippen LogP contribution in [0, 0.1) is 6.92 Å². The van der Waals surface area contributed by atoms with E-state index in [9.17, 15) is 4.79 Å². The number of likely N-dealkylation sites (tertiary alicyclic amines) is 1. The fourth-order valence-electron chi connectivity index (χ4n) is 3.70. The third-order valence-corrected chi connectivity index (χ3v) is 6.01. The molecule has 146 valence electrons. The van der Waals surface area contributed by atoms with Crippen molar-refractivity contribution in [3.63, 3.8) is 0 Å². The Hall–Kier alpha value is -2.31. The molecule has 1 aliphatic rings. The highest BCUT2D eigenvalue weighted by molar-refractivity contribution is 6.33. The quantitative estimate of drug-likeness (QED) is 0.638. The number of aromatic nitrogens is 4. The maximum absolute atomic E-state index is 13.1. The number of hydrogen-bond donors (Lipinski definition) is 0. The number of aryl methyl sites for hydroxylation is 1. The SMILES string of the molecule is Cc1nn(Cc2ccccc2Cl)c(Cl)c1C(=O)N1CCC(n2ccnc2)CC1. The molecule has 3 aromatic rings. The number of halogens is 2. The number of carbonyl (C=O) groups excluding carboxylic acids is 1. The van der Waals surface area contributed by atoms with Crippen molar-refractivity contribution in [2.24, 2.45) is 0 Å². The Kier molecular flexibility index (Phi) is 5.42. The molecule has 8 heteroatoms. The molecule has 0 atom stereocenters. The first-order valence-electron chi connectivity index (χ1n) is 9.27. The highest BCUT2D eigenvalue weighted by Gasteiger charge is 2.29. The van der Waals surface area contributed by atoms with E-state index < -0.39 is 0 Å². The minimum absolute atomic E-state index is 0.0583. The summed E-state index contributed by atoms with van der Waals surface area (Å²) in [6, 6.07) is 7.94. The van der Waals surface area contributed by atoms with Crippen LogP contribution in [0.1, 0.15) is 40.5 Å². The third-order valence-electron chi connectivity index (χ3n) is 5.26. The molecule has 1 amide bonds. The van der Waals surface area contributed by atoms with Gasteiger partial charge in [-0.15, -0.1) is 0 Å². The van der Waals surface area contributed by atoms with E-state index in [1.807, 2.05) is 48.6 Å². The first kappa shape index (κ1) is 19.0. The summed E-state index contributed by atoms with van der Waals surface area (Å²) in [5.41, 5.74) is 2.03. The summed E-state index contributed by atoms with van der Waals surface area (Å²) in [5.74, 6) is -0.0583. The second kappa shape index (κ2) is 7.97. The second-order valence-corrected chi connectivity index (χ2v) is 7.80. The summed E-state index contributed by atoms with van der Waals surface area (Å²) in [4.78, 5) is 19.1. The largest absolute Gasteiger partial charge is 0.338 e. The van der Waals surface area contributed by atoms with E-state index in [0.29, 0.717) is 47.1 Å². The Morgan fingerprint density at radius 3 is 2.64 bits per heavy atom. The summed E-state index contributed by atoms with van der Waals surface area (Å²) < 4.78 is 3.76. The Labute approximate surface area is 173 Å². The zero-order chi connectivity index (χ0) is 19.7. The molecule has 0 bridgehead atoms. The minimum atomic E-state index is -0.0583. The van der Waals surface area contributed by atoms with Gasteiger partial charge in [0.1, 0.15) is 5.15 Å². The molecule has 0 saturated carbocycles. The van der Waals surface area contributed by atoms with Gasteiger partial charge in [-0.2, -0.15) is 5.10 Å². The zero-order valence-electron chi connectivity index (χ0n) is 15.6. The van der Waals surface area contributed by atoms with Crippen LogP contribution in [0.25, 0.3) is 0 Å². The number of nitrogens with zero attached hydrogens (tertiary/aromatic N) is 5. The van der Waals surface area contributed by atoms with Crippen LogP contribution in [-0.4, -0.2) is 43.2 Å². The van der Waals surface area contributed by atoms with Gasteiger partial charge in [0.05, 0.1) is 24.1 Å². The van der Waals surface area contributed by atoms with E-state index in [0.717, 1.165) is 18.4 Å².